The molecule has 0 saturated heterocycles. The lowest BCUT2D eigenvalue weighted by atomic mass is 10.2. The van der Waals surface area contributed by atoms with Crippen molar-refractivity contribution >= 4 is 5.82 Å². The van der Waals surface area contributed by atoms with Gasteiger partial charge in [0.25, 0.3) is 0 Å². The van der Waals surface area contributed by atoms with Crippen molar-refractivity contribution in [3.8, 4) is 0 Å². The fraction of sp³-hybridized carbons (Fsp3) is 0.500. The number of nitrogens with one attached hydrogen (secondary N) is 1. The Morgan fingerprint density at radius 3 is 2.65 bits per heavy atom. The number of hydrogen-bond acceptors (Lipinski definition) is 3. The van der Waals surface area contributed by atoms with E-state index >= 15 is 0 Å². The van der Waals surface area contributed by atoms with Crippen LogP contribution < -0.4 is 5.32 Å². The summed E-state index contributed by atoms with van der Waals surface area (Å²) in [7, 11) is 1.28. The van der Waals surface area contributed by atoms with Gasteiger partial charge in [0, 0.05) is 31.8 Å². The van der Waals surface area contributed by atoms with Crippen LogP contribution in [0.3, 0.4) is 0 Å². The third-order valence-electron chi connectivity index (χ3n) is 2.94. The number of anilines is 1. The zero-order chi connectivity index (χ0) is 14.9. The maximum absolute atomic E-state index is 12.9. The van der Waals surface area contributed by atoms with Crippen molar-refractivity contribution in [2.24, 2.45) is 7.05 Å². The molecular weight excluding hydrogens is 271 g/mol. The molecule has 0 aliphatic rings. The van der Waals surface area contributed by atoms with Gasteiger partial charge in [-0.15, -0.1) is 0 Å². The summed E-state index contributed by atoms with van der Waals surface area (Å²) in [6.45, 7) is 4.45. The van der Waals surface area contributed by atoms with E-state index in [0.717, 1.165) is 10.4 Å². The number of hydrogen-bond donors (Lipinski definition) is 1. The normalized spacial score (nSPS) is 11.9. The van der Waals surface area contributed by atoms with E-state index in [9.17, 15) is 13.2 Å². The molecule has 2 aromatic heterocycles. The molecule has 0 aromatic carbocycles. The van der Waals surface area contributed by atoms with E-state index in [1.807, 2.05) is 13.8 Å². The lowest BCUT2D eigenvalue weighted by molar-refractivity contribution is -0.144. The van der Waals surface area contributed by atoms with Crippen molar-refractivity contribution in [3.05, 3.63) is 29.2 Å². The van der Waals surface area contributed by atoms with Crippen molar-refractivity contribution in [1.29, 1.82) is 0 Å². The molecule has 2 rings (SSSR count). The molecule has 1 N–H and O–H groups in total. The van der Waals surface area contributed by atoms with E-state index < -0.39 is 11.9 Å². The molecule has 0 radical (unpaired) electrons. The number of aryl methyl sites for hydroxylation is 3. The fourth-order valence-electron chi connectivity index (χ4n) is 2.09. The maximum atomic E-state index is 12.9. The second-order valence-corrected chi connectivity index (χ2v) is 4.48. The molecule has 0 fully saturated rings. The average Bonchev–Trinajstić information content (AvgIpc) is 2.88. The van der Waals surface area contributed by atoms with E-state index in [1.54, 1.807) is 10.7 Å². The second-order valence-electron chi connectivity index (χ2n) is 4.48. The van der Waals surface area contributed by atoms with E-state index in [-0.39, 0.29) is 12.1 Å². The molecule has 8 heteroatoms. The highest BCUT2D eigenvalue weighted by atomic mass is 19.4. The summed E-state index contributed by atoms with van der Waals surface area (Å²) in [6, 6.07) is 1.80. The van der Waals surface area contributed by atoms with Gasteiger partial charge in [0.1, 0.15) is 11.5 Å². The first-order chi connectivity index (χ1) is 9.32. The number of alkyl halides is 3. The smallest absolute Gasteiger partial charge is 0.366 e. The molecule has 0 spiro atoms. The van der Waals surface area contributed by atoms with Gasteiger partial charge in [-0.25, -0.2) is 4.68 Å². The predicted octanol–water partition coefficient (Wildman–Crippen LogP) is 2.58. The van der Waals surface area contributed by atoms with Crippen LogP contribution >= 0.6 is 0 Å². The van der Waals surface area contributed by atoms with Crippen LogP contribution in [0.5, 0.6) is 0 Å². The Bertz CT molecular complexity index is 597. The van der Waals surface area contributed by atoms with Gasteiger partial charge >= 0.3 is 6.18 Å². The van der Waals surface area contributed by atoms with Crippen LogP contribution in [0.15, 0.2) is 12.3 Å². The van der Waals surface area contributed by atoms with Gasteiger partial charge in [-0.1, -0.05) is 0 Å². The Labute approximate surface area is 114 Å². The van der Waals surface area contributed by atoms with E-state index in [4.69, 9.17) is 0 Å². The number of rotatable bonds is 4. The van der Waals surface area contributed by atoms with Crippen molar-refractivity contribution in [2.75, 3.05) is 5.32 Å². The van der Waals surface area contributed by atoms with Crippen LogP contribution in [0, 0.1) is 6.92 Å². The third-order valence-corrected chi connectivity index (χ3v) is 2.94. The van der Waals surface area contributed by atoms with E-state index in [2.05, 4.69) is 15.5 Å². The van der Waals surface area contributed by atoms with Crippen molar-refractivity contribution in [3.63, 3.8) is 0 Å². The first-order valence-corrected chi connectivity index (χ1v) is 6.19. The third kappa shape index (κ3) is 2.78. The topological polar surface area (TPSA) is 47.7 Å². The molecule has 0 aliphatic carbocycles. The molecule has 5 nitrogen and oxygen atoms in total. The van der Waals surface area contributed by atoms with E-state index in [1.165, 1.54) is 13.2 Å². The monoisotopic (exact) mass is 287 g/mol. The molecule has 20 heavy (non-hydrogen) atoms. The van der Waals surface area contributed by atoms with Crippen LogP contribution in [0.1, 0.15) is 23.9 Å². The second kappa shape index (κ2) is 5.18. The van der Waals surface area contributed by atoms with Gasteiger partial charge in [0.15, 0.2) is 0 Å². The first-order valence-electron chi connectivity index (χ1n) is 6.19. The zero-order valence-electron chi connectivity index (χ0n) is 11.5. The minimum atomic E-state index is -4.41. The van der Waals surface area contributed by atoms with Gasteiger partial charge < -0.3 is 5.32 Å². The summed E-state index contributed by atoms with van der Waals surface area (Å²) in [4.78, 5) is 0. The molecule has 2 heterocycles. The first kappa shape index (κ1) is 14.4. The van der Waals surface area contributed by atoms with Crippen molar-refractivity contribution in [1.82, 2.24) is 19.6 Å². The van der Waals surface area contributed by atoms with Gasteiger partial charge in [-0.2, -0.15) is 23.4 Å². The Kier molecular flexibility index (Phi) is 3.74. The molecule has 0 bridgehead atoms. The average molecular weight is 287 g/mol. The molecule has 0 aliphatic heterocycles. The highest BCUT2D eigenvalue weighted by molar-refractivity contribution is 5.38. The Balaban J connectivity index is 2.19. The van der Waals surface area contributed by atoms with Crippen LogP contribution in [0.25, 0.3) is 0 Å². The van der Waals surface area contributed by atoms with Crippen LogP contribution in [-0.2, 0) is 26.3 Å². The minimum Gasteiger partial charge on any atom is -0.366 e. The molecular formula is C12H16F3N5. The highest BCUT2D eigenvalue weighted by Crippen LogP contribution is 2.31. The molecule has 0 saturated carbocycles. The van der Waals surface area contributed by atoms with Crippen LogP contribution in [0.4, 0.5) is 19.0 Å². The molecule has 2 aromatic rings. The number of aromatic nitrogens is 4. The Morgan fingerprint density at radius 2 is 2.05 bits per heavy atom. The van der Waals surface area contributed by atoms with Gasteiger partial charge in [-0.3, -0.25) is 4.68 Å². The summed E-state index contributed by atoms with van der Waals surface area (Å²) in [5.74, 6) is 0.696. The Hall–Kier alpha value is -1.99. The predicted molar refractivity (Wildman–Crippen MR) is 68.2 cm³/mol. The Morgan fingerprint density at radius 1 is 1.35 bits per heavy atom. The fourth-order valence-corrected chi connectivity index (χ4v) is 2.09. The summed E-state index contributed by atoms with van der Waals surface area (Å²) in [6.07, 6.45) is -3.18. The number of halogens is 3. The molecule has 0 atom stereocenters. The van der Waals surface area contributed by atoms with Gasteiger partial charge in [-0.05, 0) is 13.8 Å². The number of nitrogens with zero attached hydrogens (tertiary/aromatic N) is 4. The summed E-state index contributed by atoms with van der Waals surface area (Å²) >= 11 is 0. The largest absolute Gasteiger partial charge is 0.433 e. The summed E-state index contributed by atoms with van der Waals surface area (Å²) < 4.78 is 41.3. The maximum Gasteiger partial charge on any atom is 0.433 e. The van der Waals surface area contributed by atoms with Crippen LogP contribution in [-0.4, -0.2) is 19.6 Å². The van der Waals surface area contributed by atoms with Crippen LogP contribution in [0.2, 0.25) is 0 Å². The lowest BCUT2D eigenvalue weighted by Gasteiger charge is -2.11. The summed E-state index contributed by atoms with van der Waals surface area (Å²) in [5.41, 5.74) is 0.197. The van der Waals surface area contributed by atoms with Crippen molar-refractivity contribution in [2.45, 2.75) is 33.1 Å². The molecule has 0 amide bonds. The standard InChI is InChI=1S/C12H16F3N5/c1-4-20-10(5-8(2)18-20)16-6-9-7-17-19(3)11(9)12(13,14)15/h5,7,16H,4,6H2,1-3H3. The van der Waals surface area contributed by atoms with E-state index in [0.29, 0.717) is 12.4 Å². The molecule has 0 unspecified atom stereocenters. The van der Waals surface area contributed by atoms with Gasteiger partial charge in [0.2, 0.25) is 0 Å². The molecule has 110 valence electrons. The SMILES string of the molecule is CCn1nc(C)cc1NCc1cnn(C)c1C(F)(F)F. The highest BCUT2D eigenvalue weighted by Gasteiger charge is 2.37. The quantitative estimate of drug-likeness (QED) is 0.940. The minimum absolute atomic E-state index is 0.0494. The zero-order valence-corrected chi connectivity index (χ0v) is 11.5. The lowest BCUT2D eigenvalue weighted by Crippen LogP contribution is -2.16. The van der Waals surface area contributed by atoms with Gasteiger partial charge in [0.05, 0.1) is 11.9 Å². The summed E-state index contributed by atoms with van der Waals surface area (Å²) in [5, 5.41) is 10.9. The van der Waals surface area contributed by atoms with Crippen molar-refractivity contribution < 1.29 is 13.2 Å².